The highest BCUT2D eigenvalue weighted by atomic mass is 32.1. The van der Waals surface area contributed by atoms with Gasteiger partial charge < -0.3 is 10.4 Å². The predicted molar refractivity (Wildman–Crippen MR) is 88.9 cm³/mol. The third-order valence-corrected chi connectivity index (χ3v) is 4.75. The number of aliphatic hydroxyl groups excluding tert-OH is 1. The molecule has 1 amide bonds. The van der Waals surface area contributed by atoms with Crippen LogP contribution in [0.15, 0.2) is 30.5 Å². The van der Waals surface area contributed by atoms with Crippen molar-refractivity contribution in [3.05, 3.63) is 52.3 Å². The van der Waals surface area contributed by atoms with E-state index in [-0.39, 0.29) is 11.3 Å². The number of nitrogens with zero attached hydrogens (tertiary/aromatic N) is 3. The molecular formula is C16H15F3N4O2S. The summed E-state index contributed by atoms with van der Waals surface area (Å²) in [7, 11) is 0. The van der Waals surface area contributed by atoms with Gasteiger partial charge in [-0.2, -0.15) is 18.3 Å². The first-order valence-corrected chi connectivity index (χ1v) is 8.38. The number of rotatable bonds is 4. The second-order valence-corrected chi connectivity index (χ2v) is 7.16. The Morgan fingerprint density at radius 1 is 1.35 bits per heavy atom. The minimum Gasteiger partial charge on any atom is -0.394 e. The summed E-state index contributed by atoms with van der Waals surface area (Å²) in [5.74, 6) is -0.616. The summed E-state index contributed by atoms with van der Waals surface area (Å²) in [6, 6.07) is 4.49. The van der Waals surface area contributed by atoms with Gasteiger partial charge in [-0.15, -0.1) is 0 Å². The fourth-order valence-electron chi connectivity index (χ4n) is 2.47. The number of aryl methyl sites for hydroxylation is 1. The van der Waals surface area contributed by atoms with Crippen molar-refractivity contribution in [3.8, 4) is 0 Å². The van der Waals surface area contributed by atoms with Crippen molar-refractivity contribution in [3.63, 3.8) is 0 Å². The lowest BCUT2D eigenvalue weighted by Crippen LogP contribution is -2.46. The Bertz CT molecular complexity index is 934. The highest BCUT2D eigenvalue weighted by Gasteiger charge is 2.34. The Balaban J connectivity index is 1.89. The zero-order valence-electron chi connectivity index (χ0n) is 13.8. The molecule has 1 aromatic carbocycles. The first kappa shape index (κ1) is 18.3. The molecule has 0 saturated carbocycles. The number of hydrogen-bond donors (Lipinski definition) is 2. The molecule has 0 spiro atoms. The molecule has 26 heavy (non-hydrogen) atoms. The Kier molecular flexibility index (Phi) is 4.49. The second-order valence-electron chi connectivity index (χ2n) is 6.00. The van der Waals surface area contributed by atoms with Crippen LogP contribution in [0.2, 0.25) is 0 Å². The quantitative estimate of drug-likeness (QED) is 0.725. The summed E-state index contributed by atoms with van der Waals surface area (Å²) < 4.78 is 40.3. The molecule has 2 heterocycles. The molecule has 138 valence electrons. The molecule has 0 aliphatic rings. The van der Waals surface area contributed by atoms with Crippen molar-refractivity contribution < 1.29 is 23.1 Å². The van der Waals surface area contributed by atoms with E-state index in [1.54, 1.807) is 6.92 Å². The summed E-state index contributed by atoms with van der Waals surface area (Å²) in [4.78, 5) is 17.2. The van der Waals surface area contributed by atoms with Crippen LogP contribution >= 0.6 is 11.3 Å². The molecule has 0 radical (unpaired) electrons. The van der Waals surface area contributed by atoms with Crippen LogP contribution in [0.1, 0.15) is 33.5 Å². The molecule has 0 aliphatic carbocycles. The molecule has 3 rings (SSSR count). The number of fused-ring (bicyclic) bond motifs is 1. The minimum atomic E-state index is -4.52. The fraction of sp³-hybridized carbons (Fsp3) is 0.312. The van der Waals surface area contributed by atoms with Crippen LogP contribution in [0.4, 0.5) is 13.2 Å². The van der Waals surface area contributed by atoms with Gasteiger partial charge in [-0.3, -0.25) is 4.79 Å². The number of imidazole rings is 1. The number of amides is 1. The number of aliphatic hydroxyl groups is 1. The molecule has 0 aliphatic heterocycles. The molecule has 1 unspecified atom stereocenters. The van der Waals surface area contributed by atoms with E-state index in [1.165, 1.54) is 41.1 Å². The molecule has 10 heteroatoms. The summed E-state index contributed by atoms with van der Waals surface area (Å²) >= 11 is 1.30. The molecule has 0 fully saturated rings. The number of benzene rings is 1. The highest BCUT2D eigenvalue weighted by Crippen LogP contribution is 2.32. The monoisotopic (exact) mass is 384 g/mol. The van der Waals surface area contributed by atoms with E-state index in [2.05, 4.69) is 15.4 Å². The Hall–Kier alpha value is -2.46. The number of hydrogen-bond acceptors (Lipinski definition) is 5. The zero-order chi connectivity index (χ0) is 19.1. The number of halogens is 3. The van der Waals surface area contributed by atoms with Crippen LogP contribution in [-0.4, -0.2) is 32.2 Å². The van der Waals surface area contributed by atoms with Gasteiger partial charge in [0.25, 0.3) is 5.91 Å². The standard InChI is InChI=1S/C16H15F3N4O2S/c1-9-22-23-7-12(20-14(23)26-9)13(25)21-15(2,8-24)10-4-3-5-11(6-10)16(17,18)19/h3-7,24H,8H2,1-2H3,(H,21,25). The number of aromatic nitrogens is 3. The Labute approximate surface area is 150 Å². The van der Waals surface area contributed by atoms with Crippen molar-refractivity contribution in [1.82, 2.24) is 19.9 Å². The van der Waals surface area contributed by atoms with E-state index in [9.17, 15) is 23.1 Å². The smallest absolute Gasteiger partial charge is 0.394 e. The first-order valence-electron chi connectivity index (χ1n) is 7.56. The molecule has 0 bridgehead atoms. The van der Waals surface area contributed by atoms with E-state index >= 15 is 0 Å². The van der Waals surface area contributed by atoms with Crippen LogP contribution in [0.25, 0.3) is 4.96 Å². The number of alkyl halides is 3. The van der Waals surface area contributed by atoms with E-state index in [1.807, 2.05) is 0 Å². The lowest BCUT2D eigenvalue weighted by molar-refractivity contribution is -0.137. The van der Waals surface area contributed by atoms with Crippen LogP contribution in [0.5, 0.6) is 0 Å². The number of carbonyl (C=O) groups excluding carboxylic acids is 1. The maximum atomic E-state index is 12.9. The van der Waals surface area contributed by atoms with Gasteiger partial charge in [0, 0.05) is 0 Å². The van der Waals surface area contributed by atoms with Gasteiger partial charge in [-0.25, -0.2) is 9.50 Å². The van der Waals surface area contributed by atoms with Gasteiger partial charge in [0.05, 0.1) is 23.9 Å². The SMILES string of the molecule is Cc1nn2cc(C(=O)NC(C)(CO)c3cccc(C(F)(F)F)c3)nc2s1. The molecule has 1 atom stereocenters. The van der Waals surface area contributed by atoms with Crippen LogP contribution in [-0.2, 0) is 11.7 Å². The largest absolute Gasteiger partial charge is 0.416 e. The van der Waals surface area contributed by atoms with Crippen molar-refractivity contribution in [2.75, 3.05) is 6.61 Å². The van der Waals surface area contributed by atoms with Gasteiger partial charge in [0.15, 0.2) is 0 Å². The Morgan fingerprint density at radius 3 is 2.65 bits per heavy atom. The van der Waals surface area contributed by atoms with Gasteiger partial charge in [-0.1, -0.05) is 23.5 Å². The normalized spacial score (nSPS) is 14.4. The Morgan fingerprint density at radius 2 is 2.04 bits per heavy atom. The molecule has 6 nitrogen and oxygen atoms in total. The van der Waals surface area contributed by atoms with Crippen LogP contribution in [0.3, 0.4) is 0 Å². The third kappa shape index (κ3) is 3.42. The van der Waals surface area contributed by atoms with Crippen molar-refractivity contribution in [2.24, 2.45) is 0 Å². The molecule has 2 N–H and O–H groups in total. The zero-order valence-corrected chi connectivity index (χ0v) is 14.6. The molecule has 3 aromatic rings. The first-order chi connectivity index (χ1) is 12.1. The topological polar surface area (TPSA) is 79.5 Å². The van der Waals surface area contributed by atoms with Crippen molar-refractivity contribution in [2.45, 2.75) is 25.6 Å². The molecule has 2 aromatic heterocycles. The average Bonchev–Trinajstić information content (AvgIpc) is 3.11. The lowest BCUT2D eigenvalue weighted by atomic mass is 9.91. The molecular weight excluding hydrogens is 369 g/mol. The van der Waals surface area contributed by atoms with Gasteiger partial charge in [0.2, 0.25) is 4.96 Å². The predicted octanol–water partition coefficient (Wildman–Crippen LogP) is 2.76. The van der Waals surface area contributed by atoms with E-state index in [4.69, 9.17) is 0 Å². The van der Waals surface area contributed by atoms with Gasteiger partial charge >= 0.3 is 6.18 Å². The minimum absolute atomic E-state index is 0.0652. The van der Waals surface area contributed by atoms with Crippen LogP contribution < -0.4 is 5.32 Å². The maximum absolute atomic E-state index is 12.9. The van der Waals surface area contributed by atoms with Crippen molar-refractivity contribution in [1.29, 1.82) is 0 Å². The number of carbonyl (C=O) groups is 1. The summed E-state index contributed by atoms with van der Waals surface area (Å²) in [5, 5.41) is 17.2. The summed E-state index contributed by atoms with van der Waals surface area (Å²) in [6.07, 6.45) is -3.09. The lowest BCUT2D eigenvalue weighted by Gasteiger charge is -2.29. The van der Waals surface area contributed by atoms with Gasteiger partial charge in [0.1, 0.15) is 10.7 Å². The van der Waals surface area contributed by atoms with E-state index in [0.717, 1.165) is 17.1 Å². The number of nitrogens with one attached hydrogen (secondary N) is 1. The summed E-state index contributed by atoms with van der Waals surface area (Å²) in [6.45, 7) is 2.66. The molecule has 0 saturated heterocycles. The summed E-state index contributed by atoms with van der Waals surface area (Å²) in [5.41, 5.74) is -2.06. The van der Waals surface area contributed by atoms with E-state index in [0.29, 0.717) is 4.96 Å². The van der Waals surface area contributed by atoms with E-state index < -0.39 is 29.8 Å². The fourth-order valence-corrected chi connectivity index (χ4v) is 3.19. The highest BCUT2D eigenvalue weighted by molar-refractivity contribution is 7.16. The second kappa shape index (κ2) is 6.36. The van der Waals surface area contributed by atoms with Gasteiger partial charge in [-0.05, 0) is 31.5 Å². The maximum Gasteiger partial charge on any atom is 0.416 e. The van der Waals surface area contributed by atoms with Crippen molar-refractivity contribution >= 4 is 22.2 Å². The average molecular weight is 384 g/mol. The third-order valence-electron chi connectivity index (χ3n) is 3.91. The van der Waals surface area contributed by atoms with Crippen LogP contribution in [0, 0.1) is 6.92 Å².